The molecule has 1 aromatic carbocycles. The lowest BCUT2D eigenvalue weighted by molar-refractivity contribution is 0.0584. The molecule has 0 saturated heterocycles. The maximum Gasteiger partial charge on any atom is 0.196 e. The second-order valence-corrected chi connectivity index (χ2v) is 4.03. The molecular weight excluding hydrogens is 284 g/mol. The smallest absolute Gasteiger partial charge is 0.196 e. The highest BCUT2D eigenvalue weighted by atomic mass is 16.5. The standard InChI is InChI=1S/C17H20O2.2C2H6/c1-4-6-8-11-14(3)17(19-5-2)16(18)15-12-9-7-10-13-15;2*1-2/h4,6-13,17H,3,5H2,1-2H3;2*1-2H3/b6-4-,11-8-;;. The Morgan fingerprint density at radius 1 is 1.13 bits per heavy atom. The molecule has 0 aliphatic carbocycles. The maximum absolute atomic E-state index is 12.4. The summed E-state index contributed by atoms with van der Waals surface area (Å²) < 4.78 is 5.53. The maximum atomic E-state index is 12.4. The topological polar surface area (TPSA) is 26.3 Å². The predicted octanol–water partition coefficient (Wildman–Crippen LogP) is 6.02. The molecule has 0 aromatic heterocycles. The molecule has 128 valence electrons. The SMILES string of the molecule is C=C(/C=C\C=C/C)C(OCC)C(=O)c1ccccc1.CC.CC. The Morgan fingerprint density at radius 3 is 2.17 bits per heavy atom. The summed E-state index contributed by atoms with van der Waals surface area (Å²) in [6.07, 6.45) is 6.85. The van der Waals surface area contributed by atoms with Gasteiger partial charge in [0, 0.05) is 12.2 Å². The van der Waals surface area contributed by atoms with Gasteiger partial charge < -0.3 is 4.74 Å². The predicted molar refractivity (Wildman–Crippen MR) is 102 cm³/mol. The van der Waals surface area contributed by atoms with E-state index in [1.54, 1.807) is 18.2 Å². The van der Waals surface area contributed by atoms with Crippen LogP contribution in [0.3, 0.4) is 0 Å². The van der Waals surface area contributed by atoms with Crippen molar-refractivity contribution < 1.29 is 9.53 Å². The van der Waals surface area contributed by atoms with Gasteiger partial charge in [0.15, 0.2) is 5.78 Å². The van der Waals surface area contributed by atoms with Crippen molar-refractivity contribution in [3.63, 3.8) is 0 Å². The molecule has 2 heteroatoms. The van der Waals surface area contributed by atoms with Gasteiger partial charge in [-0.1, -0.05) is 88.9 Å². The lowest BCUT2D eigenvalue weighted by Crippen LogP contribution is -2.25. The monoisotopic (exact) mass is 316 g/mol. The molecule has 0 amide bonds. The van der Waals surface area contributed by atoms with Gasteiger partial charge in [0.1, 0.15) is 6.10 Å². The fourth-order valence-electron chi connectivity index (χ4n) is 1.65. The molecule has 1 unspecified atom stereocenters. The van der Waals surface area contributed by atoms with Gasteiger partial charge in [-0.15, -0.1) is 0 Å². The van der Waals surface area contributed by atoms with E-state index in [0.717, 1.165) is 0 Å². The molecule has 0 aliphatic heterocycles. The summed E-state index contributed by atoms with van der Waals surface area (Å²) in [6.45, 7) is 16.2. The molecule has 0 heterocycles. The van der Waals surface area contributed by atoms with Crippen molar-refractivity contribution in [1.82, 2.24) is 0 Å². The van der Waals surface area contributed by atoms with Gasteiger partial charge in [-0.3, -0.25) is 4.79 Å². The molecule has 2 nitrogen and oxygen atoms in total. The number of hydrogen-bond donors (Lipinski definition) is 0. The summed E-state index contributed by atoms with van der Waals surface area (Å²) in [5.41, 5.74) is 1.30. The molecule has 0 radical (unpaired) electrons. The first-order valence-corrected chi connectivity index (χ1v) is 8.39. The summed E-state index contributed by atoms with van der Waals surface area (Å²) in [5.74, 6) is -0.0578. The fraction of sp³-hybridized carbons (Fsp3) is 0.381. The highest BCUT2D eigenvalue weighted by Gasteiger charge is 2.21. The van der Waals surface area contributed by atoms with Crippen LogP contribution >= 0.6 is 0 Å². The zero-order valence-electron chi connectivity index (χ0n) is 15.5. The van der Waals surface area contributed by atoms with Crippen LogP contribution in [0.4, 0.5) is 0 Å². The number of ketones is 1. The van der Waals surface area contributed by atoms with E-state index < -0.39 is 6.10 Å². The van der Waals surface area contributed by atoms with Gasteiger partial charge in [-0.2, -0.15) is 0 Å². The summed E-state index contributed by atoms with van der Waals surface area (Å²) in [5, 5.41) is 0. The highest BCUT2D eigenvalue weighted by Crippen LogP contribution is 2.14. The van der Waals surface area contributed by atoms with Gasteiger partial charge in [-0.05, 0) is 19.4 Å². The van der Waals surface area contributed by atoms with Crippen molar-refractivity contribution in [2.45, 2.75) is 47.6 Å². The first-order valence-electron chi connectivity index (χ1n) is 8.39. The van der Waals surface area contributed by atoms with Crippen LogP contribution in [0.15, 0.2) is 66.8 Å². The highest BCUT2D eigenvalue weighted by molar-refractivity contribution is 6.01. The molecule has 0 aliphatic rings. The Kier molecular flexibility index (Phi) is 16.7. The number of allylic oxidation sites excluding steroid dienone is 3. The Labute approximate surface area is 142 Å². The largest absolute Gasteiger partial charge is 0.366 e. The van der Waals surface area contributed by atoms with Crippen molar-refractivity contribution in [2.24, 2.45) is 0 Å². The Morgan fingerprint density at radius 2 is 1.70 bits per heavy atom. The third-order valence-corrected chi connectivity index (χ3v) is 2.58. The normalized spacial score (nSPS) is 11.2. The van der Waals surface area contributed by atoms with Crippen LogP contribution in [0.25, 0.3) is 0 Å². The molecule has 0 saturated carbocycles. The third-order valence-electron chi connectivity index (χ3n) is 2.58. The third kappa shape index (κ3) is 9.64. The lowest BCUT2D eigenvalue weighted by atomic mass is 10.0. The van der Waals surface area contributed by atoms with Crippen molar-refractivity contribution >= 4 is 5.78 Å². The van der Waals surface area contributed by atoms with Crippen molar-refractivity contribution in [1.29, 1.82) is 0 Å². The first-order chi connectivity index (χ1) is 11.2. The van der Waals surface area contributed by atoms with E-state index in [0.29, 0.717) is 17.7 Å². The zero-order valence-corrected chi connectivity index (χ0v) is 15.5. The van der Waals surface area contributed by atoms with E-state index in [-0.39, 0.29) is 5.78 Å². The summed E-state index contributed by atoms with van der Waals surface area (Å²) >= 11 is 0. The quantitative estimate of drug-likeness (QED) is 0.454. The average molecular weight is 316 g/mol. The van der Waals surface area contributed by atoms with Crippen LogP contribution in [0.1, 0.15) is 51.9 Å². The first kappa shape index (κ1) is 23.3. The minimum Gasteiger partial charge on any atom is -0.366 e. The number of carbonyl (C=O) groups is 1. The molecule has 0 bridgehead atoms. The molecule has 0 N–H and O–H groups in total. The number of ether oxygens (including phenoxy) is 1. The average Bonchev–Trinajstić information content (AvgIpc) is 2.63. The van der Waals surface area contributed by atoms with Gasteiger partial charge in [0.05, 0.1) is 0 Å². The Balaban J connectivity index is 0. The molecule has 0 spiro atoms. The van der Waals surface area contributed by atoms with Crippen LogP contribution in [0.2, 0.25) is 0 Å². The van der Waals surface area contributed by atoms with Gasteiger partial charge in [0.2, 0.25) is 0 Å². The number of hydrogen-bond acceptors (Lipinski definition) is 2. The van der Waals surface area contributed by atoms with Crippen LogP contribution < -0.4 is 0 Å². The second-order valence-electron chi connectivity index (χ2n) is 4.03. The number of benzene rings is 1. The van der Waals surface area contributed by atoms with E-state index in [1.807, 2.05) is 78.0 Å². The van der Waals surface area contributed by atoms with Crippen LogP contribution in [-0.4, -0.2) is 18.5 Å². The van der Waals surface area contributed by atoms with Crippen LogP contribution in [0.5, 0.6) is 0 Å². The molecule has 1 aromatic rings. The number of rotatable bonds is 7. The van der Waals surface area contributed by atoms with E-state index in [2.05, 4.69) is 6.58 Å². The van der Waals surface area contributed by atoms with Crippen molar-refractivity contribution in [3.8, 4) is 0 Å². The van der Waals surface area contributed by atoms with Crippen molar-refractivity contribution in [2.75, 3.05) is 6.61 Å². The van der Waals surface area contributed by atoms with E-state index >= 15 is 0 Å². The van der Waals surface area contributed by atoms with E-state index in [4.69, 9.17) is 4.74 Å². The van der Waals surface area contributed by atoms with E-state index in [1.165, 1.54) is 0 Å². The minimum atomic E-state index is -0.617. The molecule has 1 rings (SSSR count). The summed E-state index contributed by atoms with van der Waals surface area (Å²) in [7, 11) is 0. The molecule has 0 fully saturated rings. The van der Waals surface area contributed by atoms with Gasteiger partial charge in [0.25, 0.3) is 0 Å². The molecule has 23 heavy (non-hydrogen) atoms. The zero-order chi connectivity index (χ0) is 18.1. The van der Waals surface area contributed by atoms with Gasteiger partial charge >= 0.3 is 0 Å². The summed E-state index contributed by atoms with van der Waals surface area (Å²) in [4.78, 5) is 12.4. The lowest BCUT2D eigenvalue weighted by Gasteiger charge is -2.16. The Hall–Kier alpha value is -1.93. The number of Topliss-reactive ketones (excluding diaryl/α,β-unsaturated/α-hetero) is 1. The Bertz CT molecular complexity index is 470. The van der Waals surface area contributed by atoms with Crippen molar-refractivity contribution in [3.05, 3.63) is 72.4 Å². The molecular formula is C21H32O2. The van der Waals surface area contributed by atoms with Gasteiger partial charge in [-0.25, -0.2) is 0 Å². The van der Waals surface area contributed by atoms with Crippen LogP contribution in [0, 0.1) is 0 Å². The fourth-order valence-corrected chi connectivity index (χ4v) is 1.65. The van der Waals surface area contributed by atoms with E-state index in [9.17, 15) is 4.79 Å². The number of carbonyl (C=O) groups excluding carboxylic acids is 1. The minimum absolute atomic E-state index is 0.0578. The van der Waals surface area contributed by atoms with Crippen LogP contribution in [-0.2, 0) is 4.74 Å². The summed E-state index contributed by atoms with van der Waals surface area (Å²) in [6, 6.07) is 9.14. The molecule has 1 atom stereocenters. The second kappa shape index (κ2) is 16.4.